The van der Waals surface area contributed by atoms with Crippen molar-refractivity contribution in [1.82, 2.24) is 9.72 Å². The largest absolute Gasteiger partial charge is 0.368 e. The molecule has 0 radical (unpaired) electrons. The fourth-order valence-corrected chi connectivity index (χ4v) is 2.23. The van der Waals surface area contributed by atoms with Crippen LogP contribution in [0.15, 0.2) is 35.0 Å². The molecule has 2 heterocycles. The second kappa shape index (κ2) is 3.53. The van der Waals surface area contributed by atoms with Gasteiger partial charge < -0.3 is 14.8 Å². The first kappa shape index (κ1) is 10.2. The van der Waals surface area contributed by atoms with Crippen molar-refractivity contribution in [3.05, 3.63) is 35.5 Å². The number of halogens is 1. The number of hydrogen-bond donors (Lipinski definition) is 1. The van der Waals surface area contributed by atoms with E-state index in [2.05, 4.69) is 5.16 Å². The van der Waals surface area contributed by atoms with Crippen LogP contribution in [0.2, 0.25) is 5.02 Å². The summed E-state index contributed by atoms with van der Waals surface area (Å²) in [4.78, 5) is 0. The second-order valence-electron chi connectivity index (χ2n) is 3.93. The molecule has 0 atom stereocenters. The number of nitrogen functional groups attached to an aromatic ring is 1. The summed E-state index contributed by atoms with van der Waals surface area (Å²) in [6, 6.07) is 7.64. The SMILES string of the molecule is Cn1cc(Cl)c2cc(-c3cc(N)on3)ccc21. The first-order valence-corrected chi connectivity index (χ1v) is 5.50. The summed E-state index contributed by atoms with van der Waals surface area (Å²) in [7, 11) is 1.96. The van der Waals surface area contributed by atoms with Gasteiger partial charge in [0, 0.05) is 35.8 Å². The first-order valence-electron chi connectivity index (χ1n) is 5.12. The van der Waals surface area contributed by atoms with Crippen LogP contribution in [0.4, 0.5) is 5.88 Å². The molecule has 86 valence electrons. The highest BCUT2D eigenvalue weighted by Crippen LogP contribution is 2.30. The average Bonchev–Trinajstić information content (AvgIpc) is 2.85. The topological polar surface area (TPSA) is 57.0 Å². The van der Waals surface area contributed by atoms with Gasteiger partial charge in [0.25, 0.3) is 0 Å². The molecule has 2 N–H and O–H groups in total. The molecule has 3 rings (SSSR count). The molecular weight excluding hydrogens is 238 g/mol. The van der Waals surface area contributed by atoms with Gasteiger partial charge in [-0.05, 0) is 12.1 Å². The van der Waals surface area contributed by atoms with Crippen molar-refractivity contribution < 1.29 is 4.52 Å². The third-order valence-corrected chi connectivity index (χ3v) is 3.07. The predicted octanol–water partition coefficient (Wildman–Crippen LogP) is 3.07. The summed E-state index contributed by atoms with van der Waals surface area (Å²) >= 11 is 6.15. The molecule has 0 saturated heterocycles. The summed E-state index contributed by atoms with van der Waals surface area (Å²) in [6.07, 6.45) is 1.88. The van der Waals surface area contributed by atoms with E-state index in [9.17, 15) is 0 Å². The number of rotatable bonds is 1. The molecule has 17 heavy (non-hydrogen) atoms. The van der Waals surface area contributed by atoms with Crippen molar-refractivity contribution in [2.24, 2.45) is 7.05 Å². The Morgan fingerprint density at radius 1 is 1.35 bits per heavy atom. The van der Waals surface area contributed by atoms with Crippen molar-refractivity contribution in [2.45, 2.75) is 0 Å². The molecule has 0 aliphatic rings. The van der Waals surface area contributed by atoms with Gasteiger partial charge in [-0.15, -0.1) is 0 Å². The normalized spacial score (nSPS) is 11.2. The Hall–Kier alpha value is -1.94. The Labute approximate surface area is 103 Å². The van der Waals surface area contributed by atoms with E-state index in [1.165, 1.54) is 0 Å². The van der Waals surface area contributed by atoms with Crippen molar-refractivity contribution >= 4 is 28.4 Å². The van der Waals surface area contributed by atoms with Crippen LogP contribution >= 0.6 is 11.6 Å². The minimum absolute atomic E-state index is 0.305. The smallest absolute Gasteiger partial charge is 0.222 e. The number of aryl methyl sites for hydroxylation is 1. The van der Waals surface area contributed by atoms with Crippen LogP contribution in [0, 0.1) is 0 Å². The van der Waals surface area contributed by atoms with E-state index in [0.29, 0.717) is 11.6 Å². The summed E-state index contributed by atoms with van der Waals surface area (Å²) in [5, 5.41) is 5.60. The highest BCUT2D eigenvalue weighted by atomic mass is 35.5. The van der Waals surface area contributed by atoms with Crippen LogP contribution in [0.25, 0.3) is 22.2 Å². The van der Waals surface area contributed by atoms with Crippen LogP contribution in [0.3, 0.4) is 0 Å². The zero-order valence-corrected chi connectivity index (χ0v) is 9.90. The van der Waals surface area contributed by atoms with E-state index in [0.717, 1.165) is 21.5 Å². The van der Waals surface area contributed by atoms with Crippen LogP contribution < -0.4 is 5.73 Å². The maximum Gasteiger partial charge on any atom is 0.222 e. The van der Waals surface area contributed by atoms with Gasteiger partial charge in [-0.25, -0.2) is 0 Å². The minimum Gasteiger partial charge on any atom is -0.368 e. The number of anilines is 1. The van der Waals surface area contributed by atoms with E-state index in [1.807, 2.05) is 36.0 Å². The summed E-state index contributed by atoms with van der Waals surface area (Å²) in [5.41, 5.74) is 8.23. The van der Waals surface area contributed by atoms with Gasteiger partial charge >= 0.3 is 0 Å². The van der Waals surface area contributed by atoms with Gasteiger partial charge in [0.1, 0.15) is 5.69 Å². The number of hydrogen-bond acceptors (Lipinski definition) is 3. The first-order chi connectivity index (χ1) is 8.15. The number of benzene rings is 1. The molecule has 4 nitrogen and oxygen atoms in total. The number of nitrogens with zero attached hydrogens (tertiary/aromatic N) is 2. The average molecular weight is 248 g/mol. The summed E-state index contributed by atoms with van der Waals surface area (Å²) in [6.45, 7) is 0. The summed E-state index contributed by atoms with van der Waals surface area (Å²) in [5.74, 6) is 0.305. The highest BCUT2D eigenvalue weighted by molar-refractivity contribution is 6.35. The lowest BCUT2D eigenvalue weighted by molar-refractivity contribution is 0.439. The fraction of sp³-hybridized carbons (Fsp3) is 0.0833. The van der Waals surface area contributed by atoms with Crippen molar-refractivity contribution in [3.8, 4) is 11.3 Å². The van der Waals surface area contributed by atoms with Crippen LogP contribution in [0.5, 0.6) is 0 Å². The van der Waals surface area contributed by atoms with Crippen molar-refractivity contribution in [3.63, 3.8) is 0 Å². The third-order valence-electron chi connectivity index (χ3n) is 2.76. The lowest BCUT2D eigenvalue weighted by atomic mass is 10.1. The monoisotopic (exact) mass is 247 g/mol. The molecule has 0 saturated carbocycles. The Morgan fingerprint density at radius 2 is 2.18 bits per heavy atom. The van der Waals surface area contributed by atoms with Gasteiger partial charge in [-0.1, -0.05) is 22.8 Å². The van der Waals surface area contributed by atoms with E-state index < -0.39 is 0 Å². The van der Waals surface area contributed by atoms with E-state index in [-0.39, 0.29) is 0 Å². The Morgan fingerprint density at radius 3 is 2.88 bits per heavy atom. The molecule has 5 heteroatoms. The van der Waals surface area contributed by atoms with Crippen molar-refractivity contribution in [1.29, 1.82) is 0 Å². The predicted molar refractivity (Wildman–Crippen MR) is 67.8 cm³/mol. The number of nitrogens with two attached hydrogens (primary N) is 1. The molecule has 0 amide bonds. The summed E-state index contributed by atoms with van der Waals surface area (Å²) < 4.78 is 6.84. The van der Waals surface area contributed by atoms with Gasteiger partial charge in [-0.2, -0.15) is 0 Å². The second-order valence-corrected chi connectivity index (χ2v) is 4.34. The Bertz CT molecular complexity index is 699. The van der Waals surface area contributed by atoms with Crippen molar-refractivity contribution in [2.75, 3.05) is 5.73 Å². The molecule has 0 spiro atoms. The van der Waals surface area contributed by atoms with E-state index >= 15 is 0 Å². The van der Waals surface area contributed by atoms with Crippen LogP contribution in [0.1, 0.15) is 0 Å². The van der Waals surface area contributed by atoms with Gasteiger partial charge in [0.15, 0.2) is 0 Å². The molecule has 0 aliphatic heterocycles. The highest BCUT2D eigenvalue weighted by Gasteiger charge is 2.09. The molecule has 0 unspecified atom stereocenters. The lowest BCUT2D eigenvalue weighted by Crippen LogP contribution is -1.83. The van der Waals surface area contributed by atoms with Crippen LogP contribution in [-0.2, 0) is 7.05 Å². The Balaban J connectivity index is 2.22. The van der Waals surface area contributed by atoms with Gasteiger partial charge in [-0.3, -0.25) is 0 Å². The molecule has 2 aromatic heterocycles. The van der Waals surface area contributed by atoms with E-state index in [1.54, 1.807) is 6.07 Å². The molecule has 0 bridgehead atoms. The maximum atomic E-state index is 6.15. The van der Waals surface area contributed by atoms with E-state index in [4.69, 9.17) is 21.9 Å². The fourth-order valence-electron chi connectivity index (χ4n) is 1.93. The molecular formula is C12H10ClN3O. The maximum absolute atomic E-state index is 6.15. The lowest BCUT2D eigenvalue weighted by Gasteiger charge is -1.98. The standard InChI is InChI=1S/C12H10ClN3O/c1-16-6-9(13)8-4-7(2-3-11(8)16)10-5-12(14)17-15-10/h2-6H,14H2,1H3. The molecule has 3 aromatic rings. The zero-order valence-electron chi connectivity index (χ0n) is 9.14. The number of aromatic nitrogens is 2. The number of fused-ring (bicyclic) bond motifs is 1. The van der Waals surface area contributed by atoms with Gasteiger partial charge in [0.05, 0.1) is 5.02 Å². The Kier molecular flexibility index (Phi) is 2.12. The zero-order chi connectivity index (χ0) is 12.0. The quantitative estimate of drug-likeness (QED) is 0.719. The molecule has 1 aromatic carbocycles. The third kappa shape index (κ3) is 1.57. The van der Waals surface area contributed by atoms with Crippen LogP contribution in [-0.4, -0.2) is 9.72 Å². The minimum atomic E-state index is 0.305. The van der Waals surface area contributed by atoms with Gasteiger partial charge in [0.2, 0.25) is 5.88 Å². The molecule has 0 fully saturated rings. The molecule has 0 aliphatic carbocycles.